The lowest BCUT2D eigenvalue weighted by Crippen LogP contribution is -2.21. The Morgan fingerprint density at radius 2 is 1.77 bits per heavy atom. The van der Waals surface area contributed by atoms with Gasteiger partial charge in [0.1, 0.15) is 5.75 Å². The summed E-state index contributed by atoms with van der Waals surface area (Å²) < 4.78 is 0. The molecule has 1 atom stereocenters. The number of carboxylic acids is 1. The van der Waals surface area contributed by atoms with Crippen LogP contribution >= 0.6 is 0 Å². The van der Waals surface area contributed by atoms with E-state index in [4.69, 9.17) is 0 Å². The van der Waals surface area contributed by atoms with Gasteiger partial charge in [0, 0.05) is 18.2 Å². The van der Waals surface area contributed by atoms with E-state index in [1.807, 2.05) is 30.3 Å². The van der Waals surface area contributed by atoms with E-state index in [0.717, 1.165) is 11.1 Å². The predicted octanol–water partition coefficient (Wildman–Crippen LogP) is 2.19. The first-order valence-corrected chi connectivity index (χ1v) is 7.94. The van der Waals surface area contributed by atoms with E-state index in [1.54, 1.807) is 12.1 Å². The lowest BCUT2D eigenvalue weighted by molar-refractivity contribution is -0.138. The summed E-state index contributed by atoms with van der Waals surface area (Å²) in [5.74, 6) is -0.988. The van der Waals surface area contributed by atoms with Crippen molar-refractivity contribution in [3.63, 3.8) is 0 Å². The molecule has 2 aromatic carbocycles. The molecular weight excluding hydrogens is 334 g/mol. The molecule has 1 heterocycles. The van der Waals surface area contributed by atoms with Crippen LogP contribution in [0.4, 0.5) is 0 Å². The number of aromatic amines is 2. The molecule has 3 rings (SSSR count). The molecule has 7 heteroatoms. The highest BCUT2D eigenvalue weighted by atomic mass is 16.4. The number of H-pyrrole nitrogens is 2. The first-order chi connectivity index (χ1) is 12.5. The van der Waals surface area contributed by atoms with E-state index in [1.165, 1.54) is 18.3 Å². The number of hydrogen-bond donors (Lipinski definition) is 4. The number of carboxylic acid groups (broad SMARTS) is 1. The van der Waals surface area contributed by atoms with Crippen molar-refractivity contribution in [3.8, 4) is 17.0 Å². The van der Waals surface area contributed by atoms with Gasteiger partial charge in [0.25, 0.3) is 5.56 Å². The standard InChI is InChI=1S/C19H17N3O4/c23-14-8-6-12(7-9-14)10-16(19(25)26)20-11-15-17(21-22-18(15)24)13-4-2-1-3-5-13/h1-9,11,16,23H,10H2,(H,25,26)(H2,21,22,24)/t16-/m0/s1. The summed E-state index contributed by atoms with van der Waals surface area (Å²) in [6.07, 6.45) is 1.44. The molecule has 0 unspecified atom stereocenters. The van der Waals surface area contributed by atoms with Gasteiger partial charge in [0.15, 0.2) is 6.04 Å². The van der Waals surface area contributed by atoms with Crippen molar-refractivity contribution < 1.29 is 15.0 Å². The first-order valence-electron chi connectivity index (χ1n) is 7.94. The van der Waals surface area contributed by atoms with Gasteiger partial charge < -0.3 is 10.2 Å². The molecule has 0 saturated heterocycles. The highest BCUT2D eigenvalue weighted by molar-refractivity contribution is 5.90. The third-order valence-electron chi connectivity index (χ3n) is 3.91. The Morgan fingerprint density at radius 1 is 1.08 bits per heavy atom. The molecule has 132 valence electrons. The van der Waals surface area contributed by atoms with E-state index in [9.17, 15) is 19.8 Å². The molecule has 1 aromatic heterocycles. The number of aromatic nitrogens is 2. The van der Waals surface area contributed by atoms with Gasteiger partial charge in [0.05, 0.1) is 11.3 Å². The van der Waals surface area contributed by atoms with Crippen LogP contribution in [0.2, 0.25) is 0 Å². The molecule has 3 aromatic rings. The average Bonchev–Trinajstić information content (AvgIpc) is 3.01. The van der Waals surface area contributed by atoms with E-state index in [0.29, 0.717) is 5.69 Å². The zero-order chi connectivity index (χ0) is 18.5. The quantitative estimate of drug-likeness (QED) is 0.509. The van der Waals surface area contributed by atoms with E-state index in [-0.39, 0.29) is 23.3 Å². The summed E-state index contributed by atoms with van der Waals surface area (Å²) in [5.41, 5.74) is 1.96. The maximum atomic E-state index is 12.0. The van der Waals surface area contributed by atoms with Gasteiger partial charge in [-0.05, 0) is 17.7 Å². The van der Waals surface area contributed by atoms with Gasteiger partial charge in [-0.25, -0.2) is 4.79 Å². The molecule has 0 aliphatic heterocycles. The second-order valence-electron chi connectivity index (χ2n) is 5.74. The van der Waals surface area contributed by atoms with Gasteiger partial charge >= 0.3 is 5.97 Å². The number of benzene rings is 2. The molecule has 0 saturated carbocycles. The summed E-state index contributed by atoms with van der Waals surface area (Å²) in [7, 11) is 0. The van der Waals surface area contributed by atoms with Crippen LogP contribution in [0.3, 0.4) is 0 Å². The van der Waals surface area contributed by atoms with Crippen LogP contribution < -0.4 is 5.56 Å². The van der Waals surface area contributed by atoms with Crippen molar-refractivity contribution in [2.24, 2.45) is 4.99 Å². The molecule has 0 fully saturated rings. The van der Waals surface area contributed by atoms with E-state index >= 15 is 0 Å². The summed E-state index contributed by atoms with van der Waals surface area (Å²) in [6, 6.07) is 14.4. The van der Waals surface area contributed by atoms with Crippen LogP contribution in [-0.2, 0) is 11.2 Å². The molecule has 0 radical (unpaired) electrons. The SMILES string of the molecule is O=C(O)[C@H](Cc1ccc(O)cc1)N=Cc1c(-c2ccccc2)[nH][nH]c1=O. The van der Waals surface area contributed by atoms with Crippen LogP contribution in [0, 0.1) is 0 Å². The molecule has 0 spiro atoms. The van der Waals surface area contributed by atoms with Crippen molar-refractivity contribution in [1.82, 2.24) is 10.2 Å². The number of rotatable bonds is 6. The Kier molecular flexibility index (Phi) is 4.98. The zero-order valence-electron chi connectivity index (χ0n) is 13.7. The summed E-state index contributed by atoms with van der Waals surface area (Å²) in [5, 5.41) is 24.0. The molecule has 7 nitrogen and oxygen atoms in total. The fourth-order valence-electron chi connectivity index (χ4n) is 2.55. The van der Waals surface area contributed by atoms with Crippen LogP contribution in [0.25, 0.3) is 11.3 Å². The number of phenols is 1. The van der Waals surface area contributed by atoms with Crippen LogP contribution in [0.1, 0.15) is 11.1 Å². The predicted molar refractivity (Wildman–Crippen MR) is 97.7 cm³/mol. The second kappa shape index (κ2) is 7.52. The Morgan fingerprint density at radius 3 is 2.42 bits per heavy atom. The number of aliphatic imine (C=N–C) groups is 1. The third kappa shape index (κ3) is 3.89. The molecule has 26 heavy (non-hydrogen) atoms. The normalized spacial score (nSPS) is 12.3. The maximum absolute atomic E-state index is 12.0. The molecule has 0 aliphatic rings. The number of carbonyl (C=O) groups is 1. The number of nitrogens with one attached hydrogen (secondary N) is 2. The maximum Gasteiger partial charge on any atom is 0.328 e. The molecular formula is C19H17N3O4. The highest BCUT2D eigenvalue weighted by Gasteiger charge is 2.17. The molecule has 4 N–H and O–H groups in total. The zero-order valence-corrected chi connectivity index (χ0v) is 13.7. The molecule has 0 aliphatic carbocycles. The van der Waals surface area contributed by atoms with Crippen molar-refractivity contribution in [2.45, 2.75) is 12.5 Å². The van der Waals surface area contributed by atoms with Crippen LogP contribution in [-0.4, -0.2) is 38.6 Å². The first kappa shape index (κ1) is 17.2. The van der Waals surface area contributed by atoms with Gasteiger partial charge in [-0.3, -0.25) is 20.0 Å². The minimum absolute atomic E-state index is 0.107. The number of aromatic hydroxyl groups is 1. The number of hydrogen-bond acceptors (Lipinski definition) is 4. The molecule has 0 bridgehead atoms. The average molecular weight is 351 g/mol. The van der Waals surface area contributed by atoms with E-state index < -0.39 is 12.0 Å². The number of phenolic OH excluding ortho intramolecular Hbond substituents is 1. The topological polar surface area (TPSA) is 119 Å². The number of aliphatic carboxylic acids is 1. The Balaban J connectivity index is 1.87. The van der Waals surface area contributed by atoms with Crippen molar-refractivity contribution in [1.29, 1.82) is 0 Å². The van der Waals surface area contributed by atoms with Gasteiger partial charge in [-0.2, -0.15) is 0 Å². The Hall–Kier alpha value is -3.61. The summed E-state index contributed by atoms with van der Waals surface area (Å²) in [4.78, 5) is 27.7. The van der Waals surface area contributed by atoms with Crippen molar-refractivity contribution in [3.05, 3.63) is 76.1 Å². The van der Waals surface area contributed by atoms with Crippen molar-refractivity contribution in [2.75, 3.05) is 0 Å². The third-order valence-corrected chi connectivity index (χ3v) is 3.91. The Labute approximate surface area is 148 Å². The van der Waals surface area contributed by atoms with Crippen LogP contribution in [0.15, 0.2) is 64.4 Å². The largest absolute Gasteiger partial charge is 0.508 e. The monoisotopic (exact) mass is 351 g/mol. The fraction of sp³-hybridized carbons (Fsp3) is 0.105. The van der Waals surface area contributed by atoms with Crippen molar-refractivity contribution >= 4 is 12.2 Å². The van der Waals surface area contributed by atoms with Gasteiger partial charge in [0.2, 0.25) is 0 Å². The Bertz CT molecular complexity index is 972. The highest BCUT2D eigenvalue weighted by Crippen LogP contribution is 2.18. The number of nitrogens with zero attached hydrogens (tertiary/aromatic N) is 1. The van der Waals surface area contributed by atoms with Crippen LogP contribution in [0.5, 0.6) is 5.75 Å². The lowest BCUT2D eigenvalue weighted by atomic mass is 10.1. The fourth-order valence-corrected chi connectivity index (χ4v) is 2.55. The molecule has 0 amide bonds. The second-order valence-corrected chi connectivity index (χ2v) is 5.74. The van der Waals surface area contributed by atoms with Gasteiger partial charge in [-0.15, -0.1) is 0 Å². The minimum atomic E-state index is -1.09. The minimum Gasteiger partial charge on any atom is -0.508 e. The summed E-state index contributed by atoms with van der Waals surface area (Å²) in [6.45, 7) is 0. The van der Waals surface area contributed by atoms with E-state index in [2.05, 4.69) is 15.2 Å². The van der Waals surface area contributed by atoms with Gasteiger partial charge in [-0.1, -0.05) is 42.5 Å². The smallest absolute Gasteiger partial charge is 0.328 e. The summed E-state index contributed by atoms with van der Waals surface area (Å²) >= 11 is 0. The lowest BCUT2D eigenvalue weighted by Gasteiger charge is -2.07.